The van der Waals surface area contributed by atoms with Crippen molar-refractivity contribution < 1.29 is 38.4 Å². The molecule has 0 amide bonds. The van der Waals surface area contributed by atoms with Gasteiger partial charge in [0.15, 0.2) is 0 Å². The lowest BCUT2D eigenvalue weighted by molar-refractivity contribution is -0.193. The quantitative estimate of drug-likeness (QED) is 0.393. The molecule has 0 N–H and O–H groups in total. The molecule has 8 nitrogen and oxygen atoms in total. The Hall–Kier alpha value is -3.44. The summed E-state index contributed by atoms with van der Waals surface area (Å²) in [6.45, 7) is 24.5. The summed E-state index contributed by atoms with van der Waals surface area (Å²) in [6.07, 6.45) is 13.0. The molecule has 0 aromatic heterocycles. The van der Waals surface area contributed by atoms with E-state index in [1.165, 1.54) is 24.0 Å². The van der Waals surface area contributed by atoms with Crippen LogP contribution in [0.3, 0.4) is 0 Å². The van der Waals surface area contributed by atoms with E-state index < -0.39 is 0 Å². The maximum absolute atomic E-state index is 8.12. The summed E-state index contributed by atoms with van der Waals surface area (Å²) < 4.78 is 0. The van der Waals surface area contributed by atoms with Gasteiger partial charge in [0.2, 0.25) is 0 Å². The SMILES string of the molecule is C#CCC(C)(C)CC=C(C)C.C=C1CC(C)(C)CC1C(C)(C)C.O=C=O.O=C=O.O=C=O.O=C=O. The largest absolute Gasteiger partial charge is 0.373 e. The average Bonchev–Trinajstić information content (AvgIpc) is 2.96. The van der Waals surface area contributed by atoms with Crippen molar-refractivity contribution in [3.63, 3.8) is 0 Å². The Morgan fingerprint density at radius 3 is 1.43 bits per heavy atom. The first-order valence-corrected chi connectivity index (χ1v) is 10.6. The lowest BCUT2D eigenvalue weighted by atomic mass is 9.76. The minimum atomic E-state index is 0.250. The van der Waals surface area contributed by atoms with Crippen LogP contribution in [0.2, 0.25) is 0 Å². The predicted molar refractivity (Wildman–Crippen MR) is 126 cm³/mol. The van der Waals surface area contributed by atoms with Crippen molar-refractivity contribution in [2.24, 2.45) is 22.2 Å². The molecule has 1 unspecified atom stereocenters. The average molecular weight is 493 g/mol. The fourth-order valence-electron chi connectivity index (χ4n) is 3.25. The Kier molecular flexibility index (Phi) is 28.3. The minimum Gasteiger partial charge on any atom is -0.186 e. The summed E-state index contributed by atoms with van der Waals surface area (Å²) in [5, 5.41) is 0. The van der Waals surface area contributed by atoms with E-state index in [9.17, 15) is 0 Å². The summed E-state index contributed by atoms with van der Waals surface area (Å²) in [5.74, 6) is 3.43. The third-order valence-corrected chi connectivity index (χ3v) is 4.64. The highest BCUT2D eigenvalue weighted by molar-refractivity contribution is 5.21. The van der Waals surface area contributed by atoms with Gasteiger partial charge in [0.1, 0.15) is 0 Å². The zero-order valence-corrected chi connectivity index (χ0v) is 22.5. The molecular formula is C27H40O8. The van der Waals surface area contributed by atoms with E-state index in [2.05, 4.69) is 80.9 Å². The van der Waals surface area contributed by atoms with E-state index >= 15 is 0 Å². The molecule has 1 saturated carbocycles. The molecule has 196 valence electrons. The van der Waals surface area contributed by atoms with Gasteiger partial charge in [0.25, 0.3) is 0 Å². The molecule has 0 heterocycles. The fourth-order valence-corrected chi connectivity index (χ4v) is 3.25. The number of hydrogen-bond acceptors (Lipinski definition) is 8. The van der Waals surface area contributed by atoms with Gasteiger partial charge >= 0.3 is 24.6 Å². The second-order valence-corrected chi connectivity index (χ2v) is 10.5. The summed E-state index contributed by atoms with van der Waals surface area (Å²) in [7, 11) is 0. The first-order valence-electron chi connectivity index (χ1n) is 10.6. The summed E-state index contributed by atoms with van der Waals surface area (Å²) in [4.78, 5) is 65.0. The van der Waals surface area contributed by atoms with Crippen molar-refractivity contribution in [1.29, 1.82) is 0 Å². The van der Waals surface area contributed by atoms with E-state index in [4.69, 9.17) is 44.8 Å². The third kappa shape index (κ3) is 35.3. The smallest absolute Gasteiger partial charge is 0.186 e. The van der Waals surface area contributed by atoms with Gasteiger partial charge in [-0.15, -0.1) is 12.3 Å². The molecule has 0 aliphatic heterocycles. The predicted octanol–water partition coefficient (Wildman–Crippen LogP) is 5.08. The molecule has 0 aromatic rings. The molecule has 1 atom stereocenters. The zero-order chi connectivity index (χ0) is 29.3. The van der Waals surface area contributed by atoms with Gasteiger partial charge < -0.3 is 0 Å². The highest BCUT2D eigenvalue weighted by atomic mass is 16.2. The Morgan fingerprint density at radius 1 is 0.914 bits per heavy atom. The van der Waals surface area contributed by atoms with Gasteiger partial charge in [-0.2, -0.15) is 38.4 Å². The summed E-state index contributed by atoms with van der Waals surface area (Å²) >= 11 is 0. The monoisotopic (exact) mass is 492 g/mol. The Morgan fingerprint density at radius 2 is 1.26 bits per heavy atom. The standard InChI is InChI=1S/C12H22.C11H18.4CO2/c1-9-7-12(5,6)8-10(9)11(2,3)4;1-6-8-11(4,5)9-7-10(2)3;4*2-1-3/h10H,1,7-8H2,2-6H3;1,7H,8-9H2,2-5H3;;;;. The van der Waals surface area contributed by atoms with Gasteiger partial charge in [-0.1, -0.05) is 72.3 Å². The van der Waals surface area contributed by atoms with Crippen molar-refractivity contribution in [1.82, 2.24) is 0 Å². The number of allylic oxidation sites excluding steroid dienone is 3. The molecule has 0 aromatic carbocycles. The first-order chi connectivity index (χ1) is 15.9. The second-order valence-electron chi connectivity index (χ2n) is 10.5. The van der Waals surface area contributed by atoms with Gasteiger partial charge in [0, 0.05) is 6.42 Å². The molecule has 0 radical (unpaired) electrons. The van der Waals surface area contributed by atoms with Crippen molar-refractivity contribution in [2.75, 3.05) is 0 Å². The van der Waals surface area contributed by atoms with E-state index in [1.807, 2.05) is 0 Å². The van der Waals surface area contributed by atoms with Crippen LogP contribution in [0.4, 0.5) is 0 Å². The molecule has 0 saturated heterocycles. The Bertz CT molecular complexity index is 741. The van der Waals surface area contributed by atoms with E-state index in [0.717, 1.165) is 18.8 Å². The van der Waals surface area contributed by atoms with E-state index in [1.54, 1.807) is 0 Å². The lowest BCUT2D eigenvalue weighted by Gasteiger charge is -2.28. The number of hydrogen-bond donors (Lipinski definition) is 0. The van der Waals surface area contributed by atoms with E-state index in [-0.39, 0.29) is 30.0 Å². The normalized spacial score (nSPS) is 14.3. The van der Waals surface area contributed by atoms with Crippen molar-refractivity contribution in [2.45, 2.75) is 88.0 Å². The Balaban J connectivity index is -0.000000119. The molecule has 1 aliphatic rings. The lowest BCUT2D eigenvalue weighted by Crippen LogP contribution is -2.19. The highest BCUT2D eigenvalue weighted by Crippen LogP contribution is 2.50. The van der Waals surface area contributed by atoms with Gasteiger partial charge in [-0.3, -0.25) is 0 Å². The van der Waals surface area contributed by atoms with Gasteiger partial charge in [-0.05, 0) is 55.3 Å². The van der Waals surface area contributed by atoms with Crippen LogP contribution < -0.4 is 0 Å². The van der Waals surface area contributed by atoms with Crippen LogP contribution >= 0.6 is 0 Å². The third-order valence-electron chi connectivity index (χ3n) is 4.64. The molecule has 1 rings (SSSR count). The second kappa shape index (κ2) is 23.7. The topological polar surface area (TPSA) is 137 Å². The van der Waals surface area contributed by atoms with Crippen LogP contribution in [0.5, 0.6) is 0 Å². The van der Waals surface area contributed by atoms with Crippen LogP contribution in [-0.2, 0) is 38.4 Å². The maximum Gasteiger partial charge on any atom is 0.373 e. The molecule has 35 heavy (non-hydrogen) atoms. The van der Waals surface area contributed by atoms with Crippen molar-refractivity contribution >= 4 is 24.6 Å². The summed E-state index contributed by atoms with van der Waals surface area (Å²) in [5.41, 5.74) is 4.01. The zero-order valence-electron chi connectivity index (χ0n) is 22.5. The van der Waals surface area contributed by atoms with Crippen LogP contribution in [0.1, 0.15) is 88.0 Å². The molecule has 1 aliphatic carbocycles. The van der Waals surface area contributed by atoms with Crippen molar-refractivity contribution in [3.8, 4) is 12.3 Å². The molecule has 0 bridgehead atoms. The minimum absolute atomic E-state index is 0.250. The number of rotatable bonds is 3. The van der Waals surface area contributed by atoms with Gasteiger partial charge in [-0.25, -0.2) is 0 Å². The van der Waals surface area contributed by atoms with Gasteiger partial charge in [0.05, 0.1) is 0 Å². The van der Waals surface area contributed by atoms with Crippen LogP contribution in [-0.4, -0.2) is 24.6 Å². The van der Waals surface area contributed by atoms with E-state index in [0.29, 0.717) is 10.8 Å². The number of terminal acetylenes is 1. The fraction of sp³-hybridized carbons (Fsp3) is 0.630. The highest BCUT2D eigenvalue weighted by Gasteiger charge is 2.39. The van der Waals surface area contributed by atoms with Crippen molar-refractivity contribution in [3.05, 3.63) is 23.8 Å². The molecule has 8 heteroatoms. The van der Waals surface area contributed by atoms with Crippen LogP contribution in [0, 0.1) is 34.5 Å². The van der Waals surface area contributed by atoms with Crippen LogP contribution in [0.15, 0.2) is 23.8 Å². The maximum atomic E-state index is 8.12. The first kappa shape index (κ1) is 41.8. The Labute approximate surface area is 209 Å². The molecule has 1 fully saturated rings. The molecular weight excluding hydrogens is 452 g/mol. The van der Waals surface area contributed by atoms with Crippen LogP contribution in [0.25, 0.3) is 0 Å². The molecule has 0 spiro atoms. The number of carbonyl (C=O) groups excluding carboxylic acids is 8. The summed E-state index contributed by atoms with van der Waals surface area (Å²) in [6, 6.07) is 0.